The molecule has 0 heterocycles. The Hall–Kier alpha value is -1.06. The van der Waals surface area contributed by atoms with E-state index in [0.29, 0.717) is 0 Å². The Morgan fingerprint density at radius 1 is 1.31 bits per heavy atom. The topological polar surface area (TPSA) is 80.4 Å². The molecule has 0 rings (SSSR count). The normalized spacial score (nSPS) is 15.4. The van der Waals surface area contributed by atoms with Crippen LogP contribution in [0, 0.1) is 17.8 Å². The Bertz CT molecular complexity index is 201. The van der Waals surface area contributed by atoms with Gasteiger partial charge in [0.1, 0.15) is 0 Å². The first-order valence-electron chi connectivity index (χ1n) is 4.37. The summed E-state index contributed by atoms with van der Waals surface area (Å²) < 4.78 is 0. The van der Waals surface area contributed by atoms with E-state index in [1.54, 1.807) is 0 Å². The zero-order valence-electron chi connectivity index (χ0n) is 8.28. The highest BCUT2D eigenvalue weighted by atomic mass is 16.4. The standard InChI is InChI=1S/C9H17NO3/c1-5(2)6(3)7(9(10)13)4-8(11)12/h5-7H,4H2,1-3H3,(H2,10,13)(H,11,12). The van der Waals surface area contributed by atoms with Crippen molar-refractivity contribution in [2.75, 3.05) is 0 Å². The molecule has 0 aliphatic heterocycles. The Balaban J connectivity index is 4.41. The number of aliphatic carboxylic acids is 1. The highest BCUT2D eigenvalue weighted by molar-refractivity contribution is 5.82. The van der Waals surface area contributed by atoms with Gasteiger partial charge in [-0.05, 0) is 11.8 Å². The summed E-state index contributed by atoms with van der Waals surface area (Å²) in [5.41, 5.74) is 5.12. The van der Waals surface area contributed by atoms with Gasteiger partial charge in [0.2, 0.25) is 5.91 Å². The van der Waals surface area contributed by atoms with Crippen LogP contribution in [0.3, 0.4) is 0 Å². The molecule has 0 bridgehead atoms. The molecule has 4 heteroatoms. The molecule has 0 fully saturated rings. The summed E-state index contributed by atoms with van der Waals surface area (Å²) >= 11 is 0. The van der Waals surface area contributed by atoms with Crippen molar-refractivity contribution in [2.45, 2.75) is 27.2 Å². The van der Waals surface area contributed by atoms with Crippen molar-refractivity contribution in [3.8, 4) is 0 Å². The number of hydrogen-bond donors (Lipinski definition) is 2. The van der Waals surface area contributed by atoms with E-state index in [2.05, 4.69) is 0 Å². The molecule has 0 radical (unpaired) electrons. The van der Waals surface area contributed by atoms with Crippen molar-refractivity contribution < 1.29 is 14.7 Å². The molecule has 0 aromatic rings. The van der Waals surface area contributed by atoms with Gasteiger partial charge in [-0.25, -0.2) is 0 Å². The summed E-state index contributed by atoms with van der Waals surface area (Å²) in [5, 5.41) is 8.56. The van der Waals surface area contributed by atoms with E-state index in [9.17, 15) is 9.59 Å². The van der Waals surface area contributed by atoms with E-state index in [4.69, 9.17) is 10.8 Å². The van der Waals surface area contributed by atoms with Crippen molar-refractivity contribution in [3.05, 3.63) is 0 Å². The smallest absolute Gasteiger partial charge is 0.304 e. The lowest BCUT2D eigenvalue weighted by Crippen LogP contribution is -2.32. The van der Waals surface area contributed by atoms with Gasteiger partial charge in [-0.3, -0.25) is 9.59 Å². The Morgan fingerprint density at radius 2 is 1.77 bits per heavy atom. The molecule has 0 saturated heterocycles. The lowest BCUT2D eigenvalue weighted by molar-refractivity contribution is -0.141. The van der Waals surface area contributed by atoms with Gasteiger partial charge in [-0.2, -0.15) is 0 Å². The van der Waals surface area contributed by atoms with Crippen LogP contribution in [0.15, 0.2) is 0 Å². The molecule has 3 N–H and O–H groups in total. The highest BCUT2D eigenvalue weighted by Gasteiger charge is 2.27. The average Bonchev–Trinajstić information content (AvgIpc) is 1.97. The van der Waals surface area contributed by atoms with E-state index in [-0.39, 0.29) is 18.3 Å². The van der Waals surface area contributed by atoms with E-state index >= 15 is 0 Å². The fraction of sp³-hybridized carbons (Fsp3) is 0.778. The van der Waals surface area contributed by atoms with E-state index in [0.717, 1.165) is 0 Å². The molecule has 2 unspecified atom stereocenters. The number of carbonyl (C=O) groups is 2. The molecule has 0 aliphatic carbocycles. The second-order valence-electron chi connectivity index (χ2n) is 3.71. The van der Waals surface area contributed by atoms with Gasteiger partial charge in [0, 0.05) is 0 Å². The van der Waals surface area contributed by atoms with Crippen LogP contribution in [0.25, 0.3) is 0 Å². The van der Waals surface area contributed by atoms with E-state index in [1.807, 2.05) is 20.8 Å². The second-order valence-corrected chi connectivity index (χ2v) is 3.71. The second kappa shape index (κ2) is 4.84. The van der Waals surface area contributed by atoms with E-state index < -0.39 is 17.8 Å². The molecule has 0 aromatic carbocycles. The summed E-state index contributed by atoms with van der Waals surface area (Å²) in [6.07, 6.45) is -0.172. The van der Waals surface area contributed by atoms with Crippen LogP contribution in [0.2, 0.25) is 0 Å². The zero-order chi connectivity index (χ0) is 10.6. The average molecular weight is 187 g/mol. The number of hydrogen-bond acceptors (Lipinski definition) is 2. The predicted molar refractivity (Wildman–Crippen MR) is 48.9 cm³/mol. The molecule has 1 amide bonds. The third kappa shape index (κ3) is 3.92. The largest absolute Gasteiger partial charge is 0.481 e. The molecule has 0 saturated carbocycles. The minimum Gasteiger partial charge on any atom is -0.481 e. The maximum absolute atomic E-state index is 10.9. The van der Waals surface area contributed by atoms with Gasteiger partial charge in [0.05, 0.1) is 12.3 Å². The number of rotatable bonds is 5. The Kier molecular flexibility index (Phi) is 4.45. The van der Waals surface area contributed by atoms with E-state index in [1.165, 1.54) is 0 Å². The first-order valence-corrected chi connectivity index (χ1v) is 4.37. The minimum absolute atomic E-state index is 0.00796. The molecule has 13 heavy (non-hydrogen) atoms. The van der Waals surface area contributed by atoms with Gasteiger partial charge >= 0.3 is 5.97 Å². The van der Waals surface area contributed by atoms with Gasteiger partial charge in [0.15, 0.2) is 0 Å². The molecular formula is C9H17NO3. The maximum atomic E-state index is 10.9. The SMILES string of the molecule is CC(C)C(C)C(CC(=O)O)C(N)=O. The van der Waals surface area contributed by atoms with Crippen LogP contribution in [-0.4, -0.2) is 17.0 Å². The van der Waals surface area contributed by atoms with Crippen molar-refractivity contribution in [2.24, 2.45) is 23.5 Å². The molecule has 0 aromatic heterocycles. The van der Waals surface area contributed by atoms with Crippen molar-refractivity contribution in [1.82, 2.24) is 0 Å². The third-order valence-electron chi connectivity index (χ3n) is 2.45. The summed E-state index contributed by atoms with van der Waals surface area (Å²) in [4.78, 5) is 21.4. The molecular weight excluding hydrogens is 170 g/mol. The van der Waals surface area contributed by atoms with Gasteiger partial charge < -0.3 is 10.8 Å². The molecule has 2 atom stereocenters. The number of carbonyl (C=O) groups excluding carboxylic acids is 1. The summed E-state index contributed by atoms with van der Waals surface area (Å²) in [7, 11) is 0. The predicted octanol–water partition coefficient (Wildman–Crippen LogP) is 0.855. The van der Waals surface area contributed by atoms with Crippen LogP contribution < -0.4 is 5.73 Å². The molecule has 4 nitrogen and oxygen atoms in total. The fourth-order valence-corrected chi connectivity index (χ4v) is 1.20. The first kappa shape index (κ1) is 11.9. The van der Waals surface area contributed by atoms with Gasteiger partial charge in [-0.1, -0.05) is 20.8 Å². The minimum atomic E-state index is -0.976. The van der Waals surface area contributed by atoms with Gasteiger partial charge in [0.25, 0.3) is 0 Å². The van der Waals surface area contributed by atoms with Crippen LogP contribution in [-0.2, 0) is 9.59 Å². The van der Waals surface area contributed by atoms with Crippen molar-refractivity contribution in [1.29, 1.82) is 0 Å². The molecule has 0 aliphatic rings. The Labute approximate surface area is 78.1 Å². The van der Waals surface area contributed by atoms with Crippen molar-refractivity contribution >= 4 is 11.9 Å². The third-order valence-corrected chi connectivity index (χ3v) is 2.45. The number of carboxylic acids is 1. The number of amides is 1. The number of carboxylic acid groups (broad SMARTS) is 1. The highest BCUT2D eigenvalue weighted by Crippen LogP contribution is 2.22. The lowest BCUT2D eigenvalue weighted by Gasteiger charge is -2.22. The number of primary amides is 1. The number of nitrogens with two attached hydrogens (primary N) is 1. The Morgan fingerprint density at radius 3 is 2.00 bits per heavy atom. The zero-order valence-corrected chi connectivity index (χ0v) is 8.28. The lowest BCUT2D eigenvalue weighted by atomic mass is 9.82. The van der Waals surface area contributed by atoms with Crippen LogP contribution >= 0.6 is 0 Å². The summed E-state index contributed by atoms with van der Waals surface area (Å²) in [6.45, 7) is 5.74. The molecule has 0 spiro atoms. The summed E-state index contributed by atoms with van der Waals surface area (Å²) in [5.74, 6) is -1.79. The van der Waals surface area contributed by atoms with Crippen LogP contribution in [0.5, 0.6) is 0 Å². The fourth-order valence-electron chi connectivity index (χ4n) is 1.20. The van der Waals surface area contributed by atoms with Crippen LogP contribution in [0.4, 0.5) is 0 Å². The van der Waals surface area contributed by atoms with Crippen molar-refractivity contribution in [3.63, 3.8) is 0 Å². The first-order chi connectivity index (χ1) is 5.86. The monoisotopic (exact) mass is 187 g/mol. The van der Waals surface area contributed by atoms with Crippen LogP contribution in [0.1, 0.15) is 27.2 Å². The quantitative estimate of drug-likeness (QED) is 0.669. The van der Waals surface area contributed by atoms with Gasteiger partial charge in [-0.15, -0.1) is 0 Å². The maximum Gasteiger partial charge on any atom is 0.304 e. The molecule has 76 valence electrons. The summed E-state index contributed by atoms with van der Waals surface area (Å²) in [6, 6.07) is 0.